The maximum atomic E-state index is 12.1. The Hall–Kier alpha value is -1.26. The van der Waals surface area contributed by atoms with Gasteiger partial charge in [-0.3, -0.25) is 5.32 Å². The van der Waals surface area contributed by atoms with Crippen molar-refractivity contribution in [3.8, 4) is 0 Å². The van der Waals surface area contributed by atoms with Crippen molar-refractivity contribution >= 4 is 23.4 Å². The van der Waals surface area contributed by atoms with Crippen molar-refractivity contribution < 1.29 is 14.3 Å². The molecule has 120 valence electrons. The van der Waals surface area contributed by atoms with Gasteiger partial charge in [0.15, 0.2) is 0 Å². The van der Waals surface area contributed by atoms with Crippen LogP contribution in [0.1, 0.15) is 40.0 Å². The Kier molecular flexibility index (Phi) is 3.86. The Bertz CT molecular complexity index is 591. The fraction of sp³-hybridized carbons (Fsp3) is 0.588. The van der Waals surface area contributed by atoms with Gasteiger partial charge in [0.25, 0.3) is 0 Å². The summed E-state index contributed by atoms with van der Waals surface area (Å²) in [5.41, 5.74) is 0.122. The lowest BCUT2D eigenvalue weighted by atomic mass is 9.75. The second-order valence-corrected chi connectivity index (χ2v) is 7.30. The predicted octanol–water partition coefficient (Wildman–Crippen LogP) is 4.62. The maximum absolute atomic E-state index is 12.1. The van der Waals surface area contributed by atoms with Crippen LogP contribution in [0.15, 0.2) is 24.3 Å². The molecule has 5 heteroatoms. The molecule has 0 saturated carbocycles. The molecular formula is C17H22ClNO3. The number of hydrogen-bond donors (Lipinski definition) is 1. The minimum Gasteiger partial charge on any atom is -0.443 e. The second-order valence-electron chi connectivity index (χ2n) is 6.87. The van der Waals surface area contributed by atoms with E-state index in [1.165, 1.54) is 0 Å². The number of hydrogen-bond acceptors (Lipinski definition) is 3. The molecule has 0 aliphatic carbocycles. The number of ether oxygens (including phenoxy) is 2. The molecule has 2 heterocycles. The smallest absolute Gasteiger partial charge is 0.411 e. The van der Waals surface area contributed by atoms with Crippen LogP contribution in [0.4, 0.5) is 10.5 Å². The molecule has 2 bridgehead atoms. The third-order valence-corrected chi connectivity index (χ3v) is 5.30. The van der Waals surface area contributed by atoms with Crippen LogP contribution in [0.25, 0.3) is 0 Å². The van der Waals surface area contributed by atoms with Gasteiger partial charge in [-0.1, -0.05) is 31.5 Å². The summed E-state index contributed by atoms with van der Waals surface area (Å²) < 4.78 is 11.9. The Balaban J connectivity index is 1.65. The molecule has 1 amide bonds. The Morgan fingerprint density at radius 3 is 2.86 bits per heavy atom. The van der Waals surface area contributed by atoms with Crippen LogP contribution in [0.3, 0.4) is 0 Å². The number of benzene rings is 1. The molecule has 2 saturated heterocycles. The highest BCUT2D eigenvalue weighted by atomic mass is 35.5. The zero-order valence-electron chi connectivity index (χ0n) is 13.2. The highest BCUT2D eigenvalue weighted by molar-refractivity contribution is 6.30. The first-order valence-corrected chi connectivity index (χ1v) is 8.14. The van der Waals surface area contributed by atoms with Crippen molar-refractivity contribution in [3.63, 3.8) is 0 Å². The average molecular weight is 324 g/mol. The molecule has 0 radical (unpaired) electrons. The molecule has 0 unspecified atom stereocenters. The van der Waals surface area contributed by atoms with Crippen molar-refractivity contribution in [1.82, 2.24) is 0 Å². The van der Waals surface area contributed by atoms with Crippen molar-refractivity contribution in [2.24, 2.45) is 5.92 Å². The third kappa shape index (κ3) is 2.70. The lowest BCUT2D eigenvalue weighted by molar-refractivity contribution is -0.0807. The first-order chi connectivity index (χ1) is 10.3. The van der Waals surface area contributed by atoms with E-state index in [0.29, 0.717) is 16.6 Å². The van der Waals surface area contributed by atoms with E-state index < -0.39 is 6.09 Å². The zero-order chi connectivity index (χ0) is 16.0. The van der Waals surface area contributed by atoms with E-state index in [4.69, 9.17) is 21.1 Å². The van der Waals surface area contributed by atoms with E-state index in [2.05, 4.69) is 19.2 Å². The SMILES string of the molecule is CC(C)[C@@]12CC[C@](C)(O1)[C@H](OC(=O)Nc1cccc(Cl)c1)C2. The van der Waals surface area contributed by atoms with Gasteiger partial charge in [-0.25, -0.2) is 4.79 Å². The highest BCUT2D eigenvalue weighted by Crippen LogP contribution is 2.55. The number of fused-ring (bicyclic) bond motifs is 2. The molecule has 2 aliphatic rings. The van der Waals surface area contributed by atoms with Crippen LogP contribution < -0.4 is 5.32 Å². The lowest BCUT2D eigenvalue weighted by Gasteiger charge is -2.31. The van der Waals surface area contributed by atoms with Gasteiger partial charge in [-0.05, 0) is 43.9 Å². The highest BCUT2D eigenvalue weighted by Gasteiger charge is 2.61. The molecule has 4 nitrogen and oxygen atoms in total. The Labute approximate surface area is 136 Å². The molecular weight excluding hydrogens is 302 g/mol. The largest absolute Gasteiger partial charge is 0.443 e. The normalized spacial score (nSPS) is 33.2. The fourth-order valence-corrected chi connectivity index (χ4v) is 3.77. The minimum absolute atomic E-state index is 0.143. The first kappa shape index (κ1) is 15.6. The van der Waals surface area contributed by atoms with Gasteiger partial charge in [0.1, 0.15) is 11.7 Å². The topological polar surface area (TPSA) is 47.6 Å². The number of anilines is 1. The Morgan fingerprint density at radius 2 is 2.23 bits per heavy atom. The summed E-state index contributed by atoms with van der Waals surface area (Å²) in [5.74, 6) is 0.416. The molecule has 22 heavy (non-hydrogen) atoms. The van der Waals surface area contributed by atoms with Crippen LogP contribution in [0.5, 0.6) is 0 Å². The van der Waals surface area contributed by atoms with Crippen molar-refractivity contribution in [2.45, 2.75) is 57.3 Å². The monoisotopic (exact) mass is 323 g/mol. The Morgan fingerprint density at radius 1 is 1.45 bits per heavy atom. The summed E-state index contributed by atoms with van der Waals surface area (Å²) >= 11 is 5.91. The number of carbonyl (C=O) groups is 1. The summed E-state index contributed by atoms with van der Waals surface area (Å²) in [4.78, 5) is 12.1. The van der Waals surface area contributed by atoms with E-state index in [0.717, 1.165) is 19.3 Å². The summed E-state index contributed by atoms with van der Waals surface area (Å²) in [6.45, 7) is 6.38. The third-order valence-electron chi connectivity index (χ3n) is 5.07. The van der Waals surface area contributed by atoms with E-state index >= 15 is 0 Å². The average Bonchev–Trinajstić information content (AvgIpc) is 2.91. The molecule has 2 aliphatic heterocycles. The second kappa shape index (κ2) is 5.43. The van der Waals surface area contributed by atoms with Gasteiger partial charge in [0.2, 0.25) is 0 Å². The molecule has 1 N–H and O–H groups in total. The number of amides is 1. The van der Waals surface area contributed by atoms with E-state index in [9.17, 15) is 4.79 Å². The molecule has 2 fully saturated rings. The van der Waals surface area contributed by atoms with E-state index in [1.54, 1.807) is 24.3 Å². The molecule has 1 aromatic carbocycles. The number of halogens is 1. The van der Waals surface area contributed by atoms with Gasteiger partial charge in [0, 0.05) is 17.1 Å². The van der Waals surface area contributed by atoms with Gasteiger partial charge in [-0.15, -0.1) is 0 Å². The summed E-state index contributed by atoms with van der Waals surface area (Å²) in [6, 6.07) is 7.02. The van der Waals surface area contributed by atoms with Crippen molar-refractivity contribution in [1.29, 1.82) is 0 Å². The van der Waals surface area contributed by atoms with E-state index in [1.807, 2.05) is 6.92 Å². The minimum atomic E-state index is -0.455. The van der Waals surface area contributed by atoms with Gasteiger partial charge in [0.05, 0.1) is 5.60 Å². The number of nitrogens with one attached hydrogen (secondary N) is 1. The van der Waals surface area contributed by atoms with Crippen LogP contribution in [0, 0.1) is 5.92 Å². The first-order valence-electron chi connectivity index (χ1n) is 7.76. The van der Waals surface area contributed by atoms with E-state index in [-0.39, 0.29) is 17.3 Å². The molecule has 3 atom stereocenters. The van der Waals surface area contributed by atoms with Crippen LogP contribution in [-0.4, -0.2) is 23.4 Å². The van der Waals surface area contributed by atoms with Crippen LogP contribution >= 0.6 is 11.6 Å². The number of rotatable bonds is 3. The summed E-state index contributed by atoms with van der Waals surface area (Å²) in [7, 11) is 0. The fourth-order valence-electron chi connectivity index (χ4n) is 3.58. The summed E-state index contributed by atoms with van der Waals surface area (Å²) in [6.07, 6.45) is 2.08. The van der Waals surface area contributed by atoms with Gasteiger partial charge < -0.3 is 9.47 Å². The van der Waals surface area contributed by atoms with Gasteiger partial charge >= 0.3 is 6.09 Å². The number of carbonyl (C=O) groups excluding carboxylic acids is 1. The lowest BCUT2D eigenvalue weighted by Crippen LogP contribution is -2.40. The van der Waals surface area contributed by atoms with Crippen molar-refractivity contribution in [3.05, 3.63) is 29.3 Å². The molecule has 0 spiro atoms. The summed E-state index contributed by atoms with van der Waals surface area (Å²) in [5, 5.41) is 3.30. The molecule has 3 rings (SSSR count). The molecule has 0 aromatic heterocycles. The van der Waals surface area contributed by atoms with Crippen LogP contribution in [-0.2, 0) is 9.47 Å². The quantitative estimate of drug-likeness (QED) is 0.882. The van der Waals surface area contributed by atoms with Crippen molar-refractivity contribution in [2.75, 3.05) is 5.32 Å². The maximum Gasteiger partial charge on any atom is 0.411 e. The standard InChI is InChI=1S/C17H22ClNO3/c1-11(2)17-8-7-16(3,22-17)14(10-17)21-15(20)19-13-6-4-5-12(18)9-13/h4-6,9,11,14H,7-8,10H2,1-3H3,(H,19,20)/t14-,16+,17+/m1/s1. The van der Waals surface area contributed by atoms with Gasteiger partial charge in [-0.2, -0.15) is 0 Å². The predicted molar refractivity (Wildman–Crippen MR) is 86.3 cm³/mol. The zero-order valence-corrected chi connectivity index (χ0v) is 13.9. The van der Waals surface area contributed by atoms with Crippen LogP contribution in [0.2, 0.25) is 5.02 Å². The molecule has 1 aromatic rings.